The molecule has 0 aliphatic heterocycles. The molecule has 0 saturated carbocycles. The molecule has 1 heterocycles. The van der Waals surface area contributed by atoms with Crippen LogP contribution in [0.4, 0.5) is 0 Å². The molecule has 0 fully saturated rings. The van der Waals surface area contributed by atoms with Gasteiger partial charge in [-0.05, 0) is 33.6 Å². The van der Waals surface area contributed by atoms with Crippen molar-refractivity contribution in [2.45, 2.75) is 57.5 Å². The second-order valence-electron chi connectivity index (χ2n) is 6.12. The number of nitrogens with zero attached hydrogens (tertiary/aromatic N) is 3. The zero-order valence-electron chi connectivity index (χ0n) is 12.6. The molecule has 0 radical (unpaired) electrons. The summed E-state index contributed by atoms with van der Waals surface area (Å²) in [5, 5.41) is 13.4. The van der Waals surface area contributed by atoms with E-state index in [1.807, 2.05) is 25.7 Å². The van der Waals surface area contributed by atoms with Gasteiger partial charge in [0.05, 0.1) is 0 Å². The molecular formula is C13H26N4S. The number of hydrogen-bond acceptors (Lipinski definition) is 4. The molecule has 0 aromatic carbocycles. The van der Waals surface area contributed by atoms with E-state index in [-0.39, 0.29) is 5.54 Å². The molecule has 0 bridgehead atoms. The molecule has 1 unspecified atom stereocenters. The highest BCUT2D eigenvalue weighted by molar-refractivity contribution is 7.99. The average Bonchev–Trinajstić information content (AvgIpc) is 2.53. The number of thioether (sulfide) groups is 1. The summed E-state index contributed by atoms with van der Waals surface area (Å²) >= 11 is 1.81. The summed E-state index contributed by atoms with van der Waals surface area (Å²) in [4.78, 5) is 0. The second-order valence-corrected chi connectivity index (χ2v) is 7.33. The Morgan fingerprint density at radius 1 is 1.28 bits per heavy atom. The maximum atomic E-state index is 4.23. The third-order valence-corrected chi connectivity index (χ3v) is 4.47. The molecule has 1 N–H and O–H groups in total. The van der Waals surface area contributed by atoms with Crippen molar-refractivity contribution in [3.8, 4) is 0 Å². The summed E-state index contributed by atoms with van der Waals surface area (Å²) in [6.07, 6.45) is 0. The summed E-state index contributed by atoms with van der Waals surface area (Å²) in [5.41, 5.74) is 0.156. The van der Waals surface area contributed by atoms with Crippen molar-refractivity contribution >= 4 is 11.8 Å². The Morgan fingerprint density at radius 3 is 2.28 bits per heavy atom. The molecule has 1 rings (SSSR count). The van der Waals surface area contributed by atoms with Crippen molar-refractivity contribution in [2.24, 2.45) is 13.0 Å². The van der Waals surface area contributed by atoms with Gasteiger partial charge in [-0.3, -0.25) is 0 Å². The van der Waals surface area contributed by atoms with Crippen LogP contribution in [0.3, 0.4) is 0 Å². The molecule has 104 valence electrons. The van der Waals surface area contributed by atoms with Crippen LogP contribution in [0, 0.1) is 12.8 Å². The minimum atomic E-state index is 0.156. The third-order valence-electron chi connectivity index (χ3n) is 2.89. The maximum Gasteiger partial charge on any atom is 0.191 e. The van der Waals surface area contributed by atoms with Crippen LogP contribution in [-0.2, 0) is 7.05 Å². The van der Waals surface area contributed by atoms with Gasteiger partial charge in [0.15, 0.2) is 5.16 Å². The van der Waals surface area contributed by atoms with Crippen LogP contribution >= 0.6 is 11.8 Å². The van der Waals surface area contributed by atoms with E-state index in [1.165, 1.54) is 0 Å². The monoisotopic (exact) mass is 270 g/mol. The third kappa shape index (κ3) is 4.61. The Hall–Kier alpha value is -0.550. The number of aromatic nitrogens is 3. The standard InChI is InChI=1S/C13H26N4S/c1-9(2)11(8-14-13(4,5)6)18-12-16-15-10(3)17(12)7/h9,11,14H,8H2,1-7H3. The largest absolute Gasteiger partial charge is 0.311 e. The van der Waals surface area contributed by atoms with Crippen molar-refractivity contribution in [1.29, 1.82) is 0 Å². The molecule has 1 aromatic rings. The minimum Gasteiger partial charge on any atom is -0.311 e. The molecule has 0 aliphatic carbocycles. The lowest BCUT2D eigenvalue weighted by atomic mass is 10.1. The van der Waals surface area contributed by atoms with Gasteiger partial charge in [0.25, 0.3) is 0 Å². The number of aryl methyl sites for hydroxylation is 1. The van der Waals surface area contributed by atoms with E-state index in [0.717, 1.165) is 17.5 Å². The zero-order chi connectivity index (χ0) is 13.9. The molecule has 0 aliphatic rings. The first-order valence-corrected chi connectivity index (χ1v) is 7.36. The summed E-state index contributed by atoms with van der Waals surface area (Å²) in [7, 11) is 2.02. The molecule has 0 spiro atoms. The predicted octanol–water partition coefficient (Wildman–Crippen LogP) is 2.63. The average molecular weight is 270 g/mol. The predicted molar refractivity (Wildman–Crippen MR) is 78.0 cm³/mol. The zero-order valence-corrected chi connectivity index (χ0v) is 13.4. The van der Waals surface area contributed by atoms with Gasteiger partial charge in [0.2, 0.25) is 0 Å². The van der Waals surface area contributed by atoms with Crippen LogP contribution in [-0.4, -0.2) is 32.1 Å². The first kappa shape index (κ1) is 15.5. The fourth-order valence-electron chi connectivity index (χ4n) is 1.45. The summed E-state index contributed by atoms with van der Waals surface area (Å²) in [5.74, 6) is 1.56. The lowest BCUT2D eigenvalue weighted by molar-refractivity contribution is 0.407. The molecule has 1 aromatic heterocycles. The Kier molecular flexibility index (Phi) is 5.22. The number of hydrogen-bond donors (Lipinski definition) is 1. The van der Waals surface area contributed by atoms with Crippen molar-refractivity contribution in [3.05, 3.63) is 5.82 Å². The minimum absolute atomic E-state index is 0.156. The summed E-state index contributed by atoms with van der Waals surface area (Å²) < 4.78 is 2.05. The van der Waals surface area contributed by atoms with Crippen molar-refractivity contribution in [2.75, 3.05) is 6.54 Å². The van der Waals surface area contributed by atoms with Crippen molar-refractivity contribution in [1.82, 2.24) is 20.1 Å². The molecule has 4 nitrogen and oxygen atoms in total. The highest BCUT2D eigenvalue weighted by Gasteiger charge is 2.20. The fraction of sp³-hybridized carbons (Fsp3) is 0.846. The van der Waals surface area contributed by atoms with Crippen LogP contribution in [0.25, 0.3) is 0 Å². The molecule has 18 heavy (non-hydrogen) atoms. The van der Waals surface area contributed by atoms with Gasteiger partial charge < -0.3 is 9.88 Å². The van der Waals surface area contributed by atoms with Gasteiger partial charge in [0.1, 0.15) is 5.82 Å². The quantitative estimate of drug-likeness (QED) is 0.835. The van der Waals surface area contributed by atoms with Gasteiger partial charge >= 0.3 is 0 Å². The van der Waals surface area contributed by atoms with Crippen LogP contribution in [0.5, 0.6) is 0 Å². The van der Waals surface area contributed by atoms with E-state index < -0.39 is 0 Å². The Balaban J connectivity index is 2.66. The summed E-state index contributed by atoms with van der Waals surface area (Å²) in [6.45, 7) is 14.1. The van der Waals surface area contributed by atoms with E-state index >= 15 is 0 Å². The lowest BCUT2D eigenvalue weighted by Gasteiger charge is -2.26. The Labute approximate surface area is 115 Å². The topological polar surface area (TPSA) is 42.7 Å². The van der Waals surface area contributed by atoms with E-state index in [2.05, 4.69) is 54.7 Å². The first-order valence-electron chi connectivity index (χ1n) is 6.48. The fourth-order valence-corrected chi connectivity index (χ4v) is 2.53. The molecule has 0 amide bonds. The van der Waals surface area contributed by atoms with E-state index in [1.54, 1.807) is 0 Å². The van der Waals surface area contributed by atoms with Crippen LogP contribution in [0.15, 0.2) is 5.16 Å². The molecular weight excluding hydrogens is 244 g/mol. The van der Waals surface area contributed by atoms with Gasteiger partial charge in [-0.2, -0.15) is 0 Å². The highest BCUT2D eigenvalue weighted by atomic mass is 32.2. The van der Waals surface area contributed by atoms with E-state index in [9.17, 15) is 0 Å². The van der Waals surface area contributed by atoms with Crippen LogP contribution in [0.1, 0.15) is 40.4 Å². The van der Waals surface area contributed by atoms with Crippen LogP contribution in [0.2, 0.25) is 0 Å². The normalized spacial score (nSPS) is 14.2. The number of nitrogens with one attached hydrogen (secondary N) is 1. The number of rotatable bonds is 5. The smallest absolute Gasteiger partial charge is 0.191 e. The van der Waals surface area contributed by atoms with Gasteiger partial charge in [-0.25, -0.2) is 0 Å². The van der Waals surface area contributed by atoms with Crippen molar-refractivity contribution in [3.63, 3.8) is 0 Å². The Morgan fingerprint density at radius 2 is 1.89 bits per heavy atom. The lowest BCUT2D eigenvalue weighted by Crippen LogP contribution is -2.41. The molecule has 0 saturated heterocycles. The van der Waals surface area contributed by atoms with Gasteiger partial charge in [0, 0.05) is 24.4 Å². The molecule has 5 heteroatoms. The highest BCUT2D eigenvalue weighted by Crippen LogP contribution is 2.26. The molecule has 1 atom stereocenters. The van der Waals surface area contributed by atoms with E-state index in [4.69, 9.17) is 0 Å². The SMILES string of the molecule is Cc1nnc(SC(CNC(C)(C)C)C(C)C)n1C. The van der Waals surface area contributed by atoms with Crippen LogP contribution < -0.4 is 5.32 Å². The first-order chi connectivity index (χ1) is 8.20. The summed E-state index contributed by atoms with van der Waals surface area (Å²) in [6, 6.07) is 0. The van der Waals surface area contributed by atoms with Gasteiger partial charge in [-0.15, -0.1) is 10.2 Å². The van der Waals surface area contributed by atoms with E-state index in [0.29, 0.717) is 11.2 Å². The second kappa shape index (κ2) is 6.06. The maximum absolute atomic E-state index is 4.23. The Bertz CT molecular complexity index is 379. The van der Waals surface area contributed by atoms with Crippen molar-refractivity contribution < 1.29 is 0 Å². The van der Waals surface area contributed by atoms with Gasteiger partial charge in [-0.1, -0.05) is 25.6 Å².